The molecule has 2 N–H and O–H groups in total. The van der Waals surface area contributed by atoms with E-state index >= 15 is 4.79 Å². The van der Waals surface area contributed by atoms with E-state index in [-0.39, 0.29) is 30.0 Å². The summed E-state index contributed by atoms with van der Waals surface area (Å²) in [4.78, 5) is 59.9. The lowest BCUT2D eigenvalue weighted by atomic mass is 9.49. The van der Waals surface area contributed by atoms with Crippen LogP contribution in [0.3, 0.4) is 0 Å². The Morgan fingerprint density at radius 2 is 1.62 bits per heavy atom. The number of phenolic OH excluding ortho intramolecular Hbond substituents is 1. The molecule has 0 bridgehead atoms. The lowest BCUT2D eigenvalue weighted by molar-refractivity contribution is -0.144. The average Bonchev–Trinajstić information content (AvgIpc) is 3.50. The Balaban J connectivity index is 1.32. The summed E-state index contributed by atoms with van der Waals surface area (Å²) in [5.74, 6) is -5.35. The molecule has 5 aliphatic rings. The Bertz CT molecular complexity index is 1930. The number of likely N-dealkylation sites (tertiary alicyclic amines) is 1. The molecule has 3 aromatic rings. The molecule has 2 saturated heterocycles. The molecular formula is C39H37ClFN3O6. The first-order chi connectivity index (χ1) is 24.1. The van der Waals surface area contributed by atoms with Crippen LogP contribution in [0, 0.1) is 29.5 Å². The molecule has 4 fully saturated rings. The van der Waals surface area contributed by atoms with Gasteiger partial charge in [0.25, 0.3) is 11.8 Å². The van der Waals surface area contributed by atoms with Gasteiger partial charge in [-0.1, -0.05) is 60.7 Å². The Kier molecular flexibility index (Phi) is 7.97. The van der Waals surface area contributed by atoms with Crippen molar-refractivity contribution in [1.82, 2.24) is 9.91 Å². The maximum absolute atomic E-state index is 15.2. The number of carbonyl (C=O) groups is 4. The van der Waals surface area contributed by atoms with Crippen LogP contribution in [0.2, 0.25) is 5.02 Å². The lowest BCUT2D eigenvalue weighted by Crippen LogP contribution is -2.53. The van der Waals surface area contributed by atoms with Gasteiger partial charge in [-0.25, -0.2) is 4.39 Å². The van der Waals surface area contributed by atoms with Crippen molar-refractivity contribution in [3.63, 3.8) is 0 Å². The minimum Gasteiger partial charge on any atom is -0.508 e. The number of allylic oxidation sites excluding steroid dienone is 2. The zero-order valence-corrected chi connectivity index (χ0v) is 28.2. The number of hydrogen-bond acceptors (Lipinski definition) is 7. The molecule has 50 heavy (non-hydrogen) atoms. The first-order valence-corrected chi connectivity index (χ1v) is 17.6. The number of aromatic hydroxyl groups is 1. The topological polar surface area (TPSA) is 116 Å². The average molecular weight is 698 g/mol. The Labute approximate surface area is 294 Å². The number of anilines is 1. The molecule has 2 saturated carbocycles. The SMILES string of the molecule is COc1ccc(C2C3=CCC4C(=O)N(C5CCCCC5)C(=O)C4C3CC3C(=O)N(Nc4ccc(F)cc4)C(=O)C32c2ccc(Cl)cc2)c(O)c1. The van der Waals surface area contributed by atoms with E-state index in [1.165, 1.54) is 42.3 Å². The third kappa shape index (κ3) is 4.78. The minimum atomic E-state index is -1.58. The highest BCUT2D eigenvalue weighted by Gasteiger charge is 2.70. The van der Waals surface area contributed by atoms with E-state index in [4.69, 9.17) is 16.3 Å². The number of benzene rings is 3. The van der Waals surface area contributed by atoms with E-state index in [2.05, 4.69) is 5.43 Å². The number of nitrogens with one attached hydrogen (secondary N) is 1. The van der Waals surface area contributed by atoms with Gasteiger partial charge in [0.15, 0.2) is 0 Å². The largest absolute Gasteiger partial charge is 0.508 e. The predicted octanol–water partition coefficient (Wildman–Crippen LogP) is 6.51. The fraction of sp³-hybridized carbons (Fsp3) is 0.385. The summed E-state index contributed by atoms with van der Waals surface area (Å²) in [5.41, 5.74) is 3.35. The zero-order valence-electron chi connectivity index (χ0n) is 27.5. The normalized spacial score (nSPS) is 29.4. The molecule has 3 aromatic carbocycles. The summed E-state index contributed by atoms with van der Waals surface area (Å²) in [6.45, 7) is 0. The number of nitrogens with zero attached hydrogens (tertiary/aromatic N) is 2. The van der Waals surface area contributed by atoms with Gasteiger partial charge in [-0.3, -0.25) is 29.5 Å². The monoisotopic (exact) mass is 697 g/mol. The van der Waals surface area contributed by atoms with E-state index in [1.54, 1.807) is 36.4 Å². The maximum atomic E-state index is 15.2. The molecule has 2 aliphatic heterocycles. The van der Waals surface area contributed by atoms with Gasteiger partial charge in [-0.15, -0.1) is 0 Å². The summed E-state index contributed by atoms with van der Waals surface area (Å²) in [6.07, 6.45) is 6.97. The number of phenols is 1. The van der Waals surface area contributed by atoms with E-state index < -0.39 is 52.6 Å². The van der Waals surface area contributed by atoms with E-state index in [0.29, 0.717) is 34.0 Å². The highest BCUT2D eigenvalue weighted by molar-refractivity contribution is 6.30. The van der Waals surface area contributed by atoms with Gasteiger partial charge in [0.1, 0.15) is 17.3 Å². The molecule has 0 aromatic heterocycles. The van der Waals surface area contributed by atoms with Gasteiger partial charge in [-0.2, -0.15) is 5.01 Å². The summed E-state index contributed by atoms with van der Waals surface area (Å²) < 4.78 is 19.2. The third-order valence-electron chi connectivity index (χ3n) is 11.8. The van der Waals surface area contributed by atoms with Crippen LogP contribution in [0.1, 0.15) is 62.0 Å². The molecule has 11 heteroatoms. The smallest absolute Gasteiger partial charge is 0.260 e. The Hall–Kier alpha value is -4.70. The van der Waals surface area contributed by atoms with Crippen LogP contribution >= 0.6 is 11.6 Å². The summed E-state index contributed by atoms with van der Waals surface area (Å²) in [5, 5.41) is 13.1. The molecule has 8 rings (SSSR count). The molecule has 2 heterocycles. The van der Waals surface area contributed by atoms with Gasteiger partial charge in [0.2, 0.25) is 11.8 Å². The molecule has 258 valence electrons. The van der Waals surface area contributed by atoms with Crippen molar-refractivity contribution in [2.75, 3.05) is 12.5 Å². The molecule has 6 unspecified atom stereocenters. The number of ether oxygens (including phenoxy) is 1. The van der Waals surface area contributed by atoms with Crippen LogP contribution in [0.5, 0.6) is 11.5 Å². The first-order valence-electron chi connectivity index (χ1n) is 17.3. The van der Waals surface area contributed by atoms with Crippen LogP contribution in [0.15, 0.2) is 78.4 Å². The number of fused-ring (bicyclic) bond motifs is 4. The number of halogens is 2. The highest BCUT2D eigenvalue weighted by atomic mass is 35.5. The molecule has 4 amide bonds. The number of amides is 4. The van der Waals surface area contributed by atoms with Crippen molar-refractivity contribution in [1.29, 1.82) is 0 Å². The highest BCUT2D eigenvalue weighted by Crippen LogP contribution is 2.65. The number of rotatable bonds is 6. The molecule has 6 atom stereocenters. The first kappa shape index (κ1) is 32.5. The number of hydrazine groups is 1. The quantitative estimate of drug-likeness (QED) is 0.223. The van der Waals surface area contributed by atoms with Crippen molar-refractivity contribution in [3.8, 4) is 11.5 Å². The van der Waals surface area contributed by atoms with Gasteiger partial charge in [0, 0.05) is 28.6 Å². The van der Waals surface area contributed by atoms with Crippen LogP contribution in [-0.4, -0.2) is 51.8 Å². The molecular weight excluding hydrogens is 661 g/mol. The lowest BCUT2D eigenvalue weighted by Gasteiger charge is -2.50. The fourth-order valence-electron chi connectivity index (χ4n) is 9.62. The number of hydrogen-bond donors (Lipinski definition) is 2. The van der Waals surface area contributed by atoms with Crippen molar-refractivity contribution in [2.45, 2.75) is 62.3 Å². The van der Waals surface area contributed by atoms with E-state index in [0.717, 1.165) is 42.7 Å². The van der Waals surface area contributed by atoms with Gasteiger partial charge in [-0.05, 0) is 79.6 Å². The number of methoxy groups -OCH3 is 1. The molecule has 0 radical (unpaired) electrons. The molecule has 0 spiro atoms. The van der Waals surface area contributed by atoms with Gasteiger partial charge in [0.05, 0.1) is 36.0 Å². The molecule has 9 nitrogen and oxygen atoms in total. The summed E-state index contributed by atoms with van der Waals surface area (Å²) in [6, 6.07) is 16.9. The Morgan fingerprint density at radius 3 is 2.30 bits per heavy atom. The van der Waals surface area contributed by atoms with Crippen LogP contribution < -0.4 is 10.2 Å². The fourth-order valence-corrected chi connectivity index (χ4v) is 9.74. The summed E-state index contributed by atoms with van der Waals surface area (Å²) >= 11 is 6.35. The second-order valence-corrected chi connectivity index (χ2v) is 14.6. The van der Waals surface area contributed by atoms with Crippen molar-refractivity contribution in [2.24, 2.45) is 23.7 Å². The maximum Gasteiger partial charge on any atom is 0.260 e. The number of imide groups is 2. The van der Waals surface area contributed by atoms with Crippen molar-refractivity contribution in [3.05, 3.63) is 100 Å². The summed E-state index contributed by atoms with van der Waals surface area (Å²) in [7, 11) is 1.49. The van der Waals surface area contributed by atoms with Crippen LogP contribution in [0.4, 0.5) is 10.1 Å². The Morgan fingerprint density at radius 1 is 0.900 bits per heavy atom. The van der Waals surface area contributed by atoms with Crippen molar-refractivity contribution < 1.29 is 33.4 Å². The molecule has 3 aliphatic carbocycles. The second-order valence-electron chi connectivity index (χ2n) is 14.1. The van der Waals surface area contributed by atoms with E-state index in [9.17, 15) is 23.9 Å². The van der Waals surface area contributed by atoms with Crippen molar-refractivity contribution >= 4 is 40.9 Å². The number of carbonyl (C=O) groups excluding carboxylic acids is 4. The zero-order chi connectivity index (χ0) is 34.9. The standard InChI is InChI=1S/C39H37ClFN3O6/c1-50-26-15-16-28(32(45)19-26)34-27-17-18-29-33(37(48)43(35(29)46)25-5-3-2-4-6-25)30(27)20-31-36(47)44(42-24-13-11-23(41)12-14-24)38(49)39(31,34)21-7-9-22(40)10-8-21/h7-17,19,25,29-31,33-34,42,45H,2-6,18,20H2,1H3. The van der Waals surface area contributed by atoms with Gasteiger partial charge >= 0.3 is 0 Å². The van der Waals surface area contributed by atoms with Gasteiger partial charge < -0.3 is 9.84 Å². The van der Waals surface area contributed by atoms with E-state index in [1.807, 2.05) is 6.08 Å². The predicted molar refractivity (Wildman–Crippen MR) is 182 cm³/mol. The minimum absolute atomic E-state index is 0.132. The third-order valence-corrected chi connectivity index (χ3v) is 12.0. The second kappa shape index (κ2) is 12.3. The van der Waals surface area contributed by atoms with Crippen LogP contribution in [0.25, 0.3) is 0 Å². The van der Waals surface area contributed by atoms with Crippen LogP contribution in [-0.2, 0) is 24.6 Å².